The molecule has 0 aliphatic carbocycles. The number of benzene rings is 2. The average Bonchev–Trinajstić information content (AvgIpc) is 2.68. The normalized spacial score (nSPS) is 11.1. The van der Waals surface area contributed by atoms with Gasteiger partial charge in [0.2, 0.25) is 0 Å². The van der Waals surface area contributed by atoms with Gasteiger partial charge in [-0.3, -0.25) is 9.59 Å². The van der Waals surface area contributed by atoms with Crippen molar-refractivity contribution < 1.29 is 4.79 Å². The van der Waals surface area contributed by atoms with E-state index in [0.717, 1.165) is 18.4 Å². The van der Waals surface area contributed by atoms with Gasteiger partial charge in [0.25, 0.3) is 11.5 Å². The first-order valence-electron chi connectivity index (χ1n) is 8.59. The van der Waals surface area contributed by atoms with E-state index < -0.39 is 5.91 Å². The lowest BCUT2D eigenvalue weighted by molar-refractivity contribution is 0.0949. The van der Waals surface area contributed by atoms with Gasteiger partial charge in [-0.1, -0.05) is 61.9 Å². The largest absolute Gasteiger partial charge is 0.292 e. The fourth-order valence-corrected chi connectivity index (χ4v) is 2.62. The second-order valence-corrected chi connectivity index (χ2v) is 5.89. The number of fused-ring (bicyclic) bond motifs is 1. The Hall–Kier alpha value is -3.28. The molecule has 1 amide bonds. The molecule has 0 saturated heterocycles. The number of carbonyl (C=O) groups excluding carboxylic acids is 1. The van der Waals surface area contributed by atoms with E-state index in [2.05, 4.69) is 15.6 Å². The summed E-state index contributed by atoms with van der Waals surface area (Å²) in [5.74, 6) is -0.446. The highest BCUT2D eigenvalue weighted by molar-refractivity contribution is 6.04. The van der Waals surface area contributed by atoms with Crippen LogP contribution in [-0.4, -0.2) is 21.9 Å². The second-order valence-electron chi connectivity index (χ2n) is 5.89. The summed E-state index contributed by atoms with van der Waals surface area (Å²) in [7, 11) is 0. The molecule has 3 rings (SSSR count). The van der Waals surface area contributed by atoms with Gasteiger partial charge in [-0.05, 0) is 18.1 Å². The van der Waals surface area contributed by atoms with Crippen molar-refractivity contribution in [2.75, 3.05) is 0 Å². The topological polar surface area (TPSA) is 76.3 Å². The van der Waals surface area contributed by atoms with E-state index in [4.69, 9.17) is 0 Å². The van der Waals surface area contributed by atoms with Gasteiger partial charge in [0.15, 0.2) is 5.69 Å². The number of hydrogen-bond donors (Lipinski definition) is 1. The third kappa shape index (κ3) is 3.85. The number of amides is 1. The van der Waals surface area contributed by atoms with Crippen LogP contribution in [0.1, 0.15) is 35.8 Å². The van der Waals surface area contributed by atoms with Crippen LogP contribution in [0.25, 0.3) is 10.8 Å². The van der Waals surface area contributed by atoms with Gasteiger partial charge in [0.1, 0.15) is 0 Å². The maximum Gasteiger partial charge on any atom is 0.292 e. The molecule has 6 nitrogen and oxygen atoms in total. The lowest BCUT2D eigenvalue weighted by atomic mass is 10.1. The summed E-state index contributed by atoms with van der Waals surface area (Å²) in [5.41, 5.74) is 3.38. The zero-order valence-electron chi connectivity index (χ0n) is 14.6. The van der Waals surface area contributed by atoms with Gasteiger partial charge < -0.3 is 0 Å². The van der Waals surface area contributed by atoms with Crippen LogP contribution < -0.4 is 11.0 Å². The molecule has 3 aromatic rings. The van der Waals surface area contributed by atoms with Crippen molar-refractivity contribution in [3.8, 4) is 0 Å². The quantitative estimate of drug-likeness (QED) is 0.550. The van der Waals surface area contributed by atoms with E-state index in [-0.39, 0.29) is 11.3 Å². The smallest absolute Gasteiger partial charge is 0.267 e. The van der Waals surface area contributed by atoms with Crippen LogP contribution in [0.5, 0.6) is 0 Å². The molecule has 1 N–H and O–H groups in total. The van der Waals surface area contributed by atoms with Crippen LogP contribution >= 0.6 is 0 Å². The molecule has 132 valence electrons. The molecular weight excluding hydrogens is 328 g/mol. The Morgan fingerprint density at radius 1 is 1.12 bits per heavy atom. The van der Waals surface area contributed by atoms with Crippen LogP contribution in [-0.2, 0) is 6.54 Å². The molecule has 2 aromatic carbocycles. The number of nitrogens with one attached hydrogen (secondary N) is 1. The zero-order chi connectivity index (χ0) is 18.4. The van der Waals surface area contributed by atoms with Crippen molar-refractivity contribution in [1.29, 1.82) is 0 Å². The Morgan fingerprint density at radius 3 is 2.54 bits per heavy atom. The third-order valence-electron chi connectivity index (χ3n) is 3.99. The van der Waals surface area contributed by atoms with Crippen molar-refractivity contribution in [1.82, 2.24) is 15.2 Å². The molecule has 0 atom stereocenters. The van der Waals surface area contributed by atoms with Gasteiger partial charge in [0.05, 0.1) is 11.6 Å². The Morgan fingerprint density at radius 2 is 1.81 bits per heavy atom. The van der Waals surface area contributed by atoms with Crippen LogP contribution in [0.2, 0.25) is 0 Å². The lowest BCUT2D eigenvalue weighted by Gasteiger charge is -2.09. The summed E-state index contributed by atoms with van der Waals surface area (Å²) in [6, 6.07) is 16.5. The number of carbonyl (C=O) groups is 1. The molecule has 0 bridgehead atoms. The van der Waals surface area contributed by atoms with Gasteiger partial charge in [-0.25, -0.2) is 10.1 Å². The molecule has 6 heteroatoms. The van der Waals surface area contributed by atoms with Crippen LogP contribution in [0.4, 0.5) is 0 Å². The van der Waals surface area contributed by atoms with Crippen molar-refractivity contribution in [3.63, 3.8) is 0 Å². The molecule has 0 saturated carbocycles. The standard InChI is InChI=1S/C20H20N4O2/c1-2-3-13-24-20(26)17-12-8-7-11-16(17)18(23-24)19(25)22-21-14-15-9-5-4-6-10-15/h4-12,14H,2-3,13H2,1H3,(H,22,25)/b21-14-. The van der Waals surface area contributed by atoms with E-state index in [1.54, 1.807) is 30.5 Å². The van der Waals surface area contributed by atoms with Crippen LogP contribution in [0, 0.1) is 0 Å². The van der Waals surface area contributed by atoms with Crippen molar-refractivity contribution in [2.24, 2.45) is 5.10 Å². The summed E-state index contributed by atoms with van der Waals surface area (Å²) in [6.45, 7) is 2.52. The zero-order valence-corrected chi connectivity index (χ0v) is 14.6. The van der Waals surface area contributed by atoms with Crippen molar-refractivity contribution >= 4 is 22.9 Å². The highest BCUT2D eigenvalue weighted by Crippen LogP contribution is 2.13. The fraction of sp³-hybridized carbons (Fsp3) is 0.200. The maximum atomic E-state index is 12.6. The first-order valence-corrected chi connectivity index (χ1v) is 8.59. The monoisotopic (exact) mass is 348 g/mol. The lowest BCUT2D eigenvalue weighted by Crippen LogP contribution is -2.29. The number of hydrazone groups is 1. The number of unbranched alkanes of at least 4 members (excludes halogenated alkanes) is 1. The number of aromatic nitrogens is 2. The highest BCUT2D eigenvalue weighted by Gasteiger charge is 2.16. The van der Waals surface area contributed by atoms with Gasteiger partial charge in [0, 0.05) is 11.9 Å². The molecule has 26 heavy (non-hydrogen) atoms. The number of nitrogens with zero attached hydrogens (tertiary/aromatic N) is 3. The minimum atomic E-state index is -0.446. The van der Waals surface area contributed by atoms with E-state index in [1.165, 1.54) is 4.68 Å². The summed E-state index contributed by atoms with van der Waals surface area (Å²) in [4.78, 5) is 25.1. The van der Waals surface area contributed by atoms with Crippen LogP contribution in [0.15, 0.2) is 64.5 Å². The van der Waals surface area contributed by atoms with Crippen molar-refractivity contribution in [2.45, 2.75) is 26.3 Å². The summed E-state index contributed by atoms with van der Waals surface area (Å²) >= 11 is 0. The molecule has 0 aliphatic heterocycles. The van der Waals surface area contributed by atoms with E-state index in [1.807, 2.05) is 37.3 Å². The van der Waals surface area contributed by atoms with Crippen LogP contribution in [0.3, 0.4) is 0 Å². The predicted molar refractivity (Wildman–Crippen MR) is 102 cm³/mol. The molecular formula is C20H20N4O2. The average molecular weight is 348 g/mol. The Bertz CT molecular complexity index is 994. The molecule has 0 fully saturated rings. The highest BCUT2D eigenvalue weighted by atomic mass is 16.2. The van der Waals surface area contributed by atoms with Gasteiger partial charge >= 0.3 is 0 Å². The second kappa shape index (κ2) is 8.20. The third-order valence-corrected chi connectivity index (χ3v) is 3.99. The number of aryl methyl sites for hydroxylation is 1. The molecule has 0 unspecified atom stereocenters. The molecule has 0 spiro atoms. The van der Waals surface area contributed by atoms with E-state index in [0.29, 0.717) is 17.3 Å². The van der Waals surface area contributed by atoms with Crippen molar-refractivity contribution in [3.05, 3.63) is 76.2 Å². The molecule has 0 radical (unpaired) electrons. The first kappa shape index (κ1) is 17.5. The molecule has 1 heterocycles. The van der Waals surface area contributed by atoms with E-state index >= 15 is 0 Å². The molecule has 1 aromatic heterocycles. The predicted octanol–water partition coefficient (Wildman–Crippen LogP) is 2.96. The minimum absolute atomic E-state index is 0.182. The van der Waals surface area contributed by atoms with Gasteiger partial charge in [-0.15, -0.1) is 0 Å². The SMILES string of the molecule is CCCCn1nc(C(=O)N/N=C\c2ccccc2)c2ccccc2c1=O. The minimum Gasteiger partial charge on any atom is -0.267 e. The van der Waals surface area contributed by atoms with E-state index in [9.17, 15) is 9.59 Å². The first-order chi connectivity index (χ1) is 12.7. The number of hydrogen-bond acceptors (Lipinski definition) is 4. The summed E-state index contributed by atoms with van der Waals surface area (Å²) < 4.78 is 1.36. The fourth-order valence-electron chi connectivity index (χ4n) is 2.62. The summed E-state index contributed by atoms with van der Waals surface area (Å²) in [6.07, 6.45) is 3.31. The Labute approximate surface area is 151 Å². The molecule has 0 aliphatic rings. The number of rotatable bonds is 6. The summed E-state index contributed by atoms with van der Waals surface area (Å²) in [5, 5.41) is 9.28. The Kier molecular flexibility index (Phi) is 5.53. The van der Waals surface area contributed by atoms with Gasteiger partial charge in [-0.2, -0.15) is 10.2 Å². The maximum absolute atomic E-state index is 12.6. The Balaban J connectivity index is 1.92.